The van der Waals surface area contributed by atoms with Crippen LogP contribution in [0.2, 0.25) is 0 Å². The van der Waals surface area contributed by atoms with Gasteiger partial charge in [-0.1, -0.05) is 37.0 Å². The van der Waals surface area contributed by atoms with Crippen molar-refractivity contribution in [2.45, 2.75) is 26.7 Å². The molecule has 0 aliphatic heterocycles. The zero-order chi connectivity index (χ0) is 6.57. The van der Waals surface area contributed by atoms with Gasteiger partial charge < -0.3 is 0 Å². The summed E-state index contributed by atoms with van der Waals surface area (Å²) in [6.07, 6.45) is 1.68. The molecule has 0 bridgehead atoms. The SMILES string of the molecule is CC/C(Cl)=C(/Cl)CC. The van der Waals surface area contributed by atoms with Crippen molar-refractivity contribution in [3.63, 3.8) is 0 Å². The third kappa shape index (κ3) is 2.58. The molecule has 0 spiro atoms. The van der Waals surface area contributed by atoms with E-state index in [0.717, 1.165) is 22.9 Å². The maximum absolute atomic E-state index is 5.66. The Labute approximate surface area is 60.5 Å². The van der Waals surface area contributed by atoms with Gasteiger partial charge in [0.05, 0.1) is 0 Å². The normalized spacial score (nSPS) is 13.5. The largest absolute Gasteiger partial charge is 0.0879 e. The number of rotatable bonds is 2. The average Bonchev–Trinajstić information content (AvgIpc) is 1.84. The second kappa shape index (κ2) is 4.22. The minimum absolute atomic E-state index is 0.786. The Morgan fingerprint density at radius 2 is 1.25 bits per heavy atom. The van der Waals surface area contributed by atoms with E-state index < -0.39 is 0 Å². The predicted octanol–water partition coefficient (Wildman–Crippen LogP) is 3.50. The summed E-state index contributed by atoms with van der Waals surface area (Å²) in [4.78, 5) is 0. The van der Waals surface area contributed by atoms with E-state index in [2.05, 4.69) is 0 Å². The molecule has 0 aromatic carbocycles. The van der Waals surface area contributed by atoms with Crippen LogP contribution in [0.1, 0.15) is 26.7 Å². The zero-order valence-electron chi connectivity index (χ0n) is 5.17. The lowest BCUT2D eigenvalue weighted by atomic mass is 10.3. The van der Waals surface area contributed by atoms with Gasteiger partial charge in [0.25, 0.3) is 0 Å². The first-order chi connectivity index (χ1) is 3.72. The van der Waals surface area contributed by atoms with Crippen molar-refractivity contribution < 1.29 is 0 Å². The predicted molar refractivity (Wildman–Crippen MR) is 39.3 cm³/mol. The highest BCUT2D eigenvalue weighted by Gasteiger charge is 1.93. The van der Waals surface area contributed by atoms with Crippen LogP contribution in [-0.4, -0.2) is 0 Å². The van der Waals surface area contributed by atoms with Gasteiger partial charge in [-0.2, -0.15) is 0 Å². The van der Waals surface area contributed by atoms with E-state index in [0.29, 0.717) is 0 Å². The van der Waals surface area contributed by atoms with Gasteiger partial charge in [-0.05, 0) is 12.8 Å². The first-order valence-corrected chi connectivity index (χ1v) is 3.51. The maximum atomic E-state index is 5.66. The van der Waals surface area contributed by atoms with Gasteiger partial charge in [0.2, 0.25) is 0 Å². The summed E-state index contributed by atoms with van der Waals surface area (Å²) in [6, 6.07) is 0. The molecule has 2 heteroatoms. The molecule has 8 heavy (non-hydrogen) atoms. The van der Waals surface area contributed by atoms with E-state index in [1.807, 2.05) is 13.8 Å². The average molecular weight is 153 g/mol. The minimum atomic E-state index is 0.786. The number of hydrogen-bond donors (Lipinski definition) is 0. The summed E-state index contributed by atoms with van der Waals surface area (Å²) < 4.78 is 0. The van der Waals surface area contributed by atoms with E-state index in [9.17, 15) is 0 Å². The Bertz CT molecular complexity index is 82.7. The van der Waals surface area contributed by atoms with Crippen LogP contribution in [0.25, 0.3) is 0 Å². The van der Waals surface area contributed by atoms with Gasteiger partial charge >= 0.3 is 0 Å². The fraction of sp³-hybridized carbons (Fsp3) is 0.667. The van der Waals surface area contributed by atoms with Crippen LogP contribution in [0.5, 0.6) is 0 Å². The summed E-state index contributed by atoms with van der Waals surface area (Å²) in [5, 5.41) is 1.57. The molecule has 0 amide bonds. The van der Waals surface area contributed by atoms with Crippen LogP contribution >= 0.6 is 23.2 Å². The molecule has 0 aliphatic carbocycles. The van der Waals surface area contributed by atoms with E-state index >= 15 is 0 Å². The van der Waals surface area contributed by atoms with Crippen molar-refractivity contribution in [3.05, 3.63) is 10.1 Å². The van der Waals surface area contributed by atoms with Crippen molar-refractivity contribution in [1.29, 1.82) is 0 Å². The van der Waals surface area contributed by atoms with Gasteiger partial charge in [-0.15, -0.1) is 0 Å². The van der Waals surface area contributed by atoms with Gasteiger partial charge in [-0.3, -0.25) is 0 Å². The summed E-state index contributed by atoms with van der Waals surface area (Å²) in [5.41, 5.74) is 0. The van der Waals surface area contributed by atoms with Gasteiger partial charge in [0.1, 0.15) is 0 Å². The van der Waals surface area contributed by atoms with E-state index in [1.165, 1.54) is 0 Å². The molecule has 0 saturated heterocycles. The van der Waals surface area contributed by atoms with Crippen molar-refractivity contribution in [2.24, 2.45) is 0 Å². The second-order valence-corrected chi connectivity index (χ2v) is 2.43. The Hall–Kier alpha value is 0.320. The minimum Gasteiger partial charge on any atom is -0.0879 e. The Morgan fingerprint density at radius 1 is 1.00 bits per heavy atom. The number of halogens is 2. The van der Waals surface area contributed by atoms with Crippen LogP contribution in [0.15, 0.2) is 10.1 Å². The second-order valence-electron chi connectivity index (χ2n) is 1.52. The summed E-state index contributed by atoms with van der Waals surface area (Å²) in [5.74, 6) is 0. The molecule has 48 valence electrons. The van der Waals surface area contributed by atoms with Crippen LogP contribution in [-0.2, 0) is 0 Å². The van der Waals surface area contributed by atoms with Gasteiger partial charge in [0, 0.05) is 10.1 Å². The maximum Gasteiger partial charge on any atom is 0.0323 e. The highest BCUT2D eigenvalue weighted by molar-refractivity contribution is 6.39. The fourth-order valence-corrected chi connectivity index (χ4v) is 0.651. The molecular formula is C6H10Cl2. The summed E-state index contributed by atoms with van der Waals surface area (Å²) in [7, 11) is 0. The third-order valence-corrected chi connectivity index (χ3v) is 2.00. The Morgan fingerprint density at radius 3 is 1.38 bits per heavy atom. The molecule has 0 unspecified atom stereocenters. The lowest BCUT2D eigenvalue weighted by Gasteiger charge is -1.94. The van der Waals surface area contributed by atoms with Crippen LogP contribution in [0.3, 0.4) is 0 Å². The van der Waals surface area contributed by atoms with Gasteiger partial charge in [-0.25, -0.2) is 0 Å². The quantitative estimate of drug-likeness (QED) is 0.569. The first-order valence-electron chi connectivity index (χ1n) is 2.75. The molecule has 0 aliphatic rings. The molecule has 0 radical (unpaired) electrons. The van der Waals surface area contributed by atoms with Crippen molar-refractivity contribution in [3.8, 4) is 0 Å². The number of allylic oxidation sites excluding steroid dienone is 2. The van der Waals surface area contributed by atoms with Crippen molar-refractivity contribution >= 4 is 23.2 Å². The Balaban J connectivity index is 3.83. The highest BCUT2D eigenvalue weighted by atomic mass is 35.5. The molecule has 0 aromatic rings. The molecule has 0 saturated carbocycles. The van der Waals surface area contributed by atoms with E-state index in [1.54, 1.807) is 0 Å². The summed E-state index contributed by atoms with van der Waals surface area (Å²) in [6.45, 7) is 3.97. The molecular weight excluding hydrogens is 143 g/mol. The van der Waals surface area contributed by atoms with Crippen LogP contribution in [0, 0.1) is 0 Å². The molecule has 0 nitrogen and oxygen atoms in total. The molecule has 0 fully saturated rings. The van der Waals surface area contributed by atoms with Crippen molar-refractivity contribution in [2.75, 3.05) is 0 Å². The first kappa shape index (κ1) is 8.32. The van der Waals surface area contributed by atoms with E-state index in [4.69, 9.17) is 23.2 Å². The molecule has 0 heterocycles. The Kier molecular flexibility index (Phi) is 4.39. The number of hydrogen-bond acceptors (Lipinski definition) is 0. The smallest absolute Gasteiger partial charge is 0.0323 e. The molecule has 0 rings (SSSR count). The third-order valence-electron chi connectivity index (χ3n) is 0.915. The molecule has 0 atom stereocenters. The fourth-order valence-electron chi connectivity index (χ4n) is 0.384. The van der Waals surface area contributed by atoms with Gasteiger partial charge in [0.15, 0.2) is 0 Å². The molecule has 0 aromatic heterocycles. The zero-order valence-corrected chi connectivity index (χ0v) is 6.68. The monoisotopic (exact) mass is 152 g/mol. The van der Waals surface area contributed by atoms with Crippen LogP contribution < -0.4 is 0 Å². The highest BCUT2D eigenvalue weighted by Crippen LogP contribution is 2.18. The lowest BCUT2D eigenvalue weighted by molar-refractivity contribution is 1.11. The standard InChI is InChI=1S/C6H10Cl2/c1-3-5(7)6(8)4-2/h3-4H2,1-2H3/b6-5-. The van der Waals surface area contributed by atoms with Crippen molar-refractivity contribution in [1.82, 2.24) is 0 Å². The topological polar surface area (TPSA) is 0 Å². The lowest BCUT2D eigenvalue weighted by Crippen LogP contribution is -1.72. The summed E-state index contributed by atoms with van der Waals surface area (Å²) >= 11 is 11.3. The van der Waals surface area contributed by atoms with Crippen LogP contribution in [0.4, 0.5) is 0 Å². The molecule has 0 N–H and O–H groups in total. The van der Waals surface area contributed by atoms with E-state index in [-0.39, 0.29) is 0 Å².